The van der Waals surface area contributed by atoms with Crippen LogP contribution in [0, 0.1) is 0 Å². The molecule has 0 aliphatic carbocycles. The minimum atomic E-state index is -0.941. The number of nitrogens with zero attached hydrogens (tertiary/aromatic N) is 1. The first kappa shape index (κ1) is 15.5. The number of carboxylic acid groups (broad SMARTS) is 1. The van der Waals surface area contributed by atoms with Gasteiger partial charge in [0.25, 0.3) is 0 Å². The third-order valence-corrected chi connectivity index (χ3v) is 2.88. The number of esters is 1. The van der Waals surface area contributed by atoms with Crippen LogP contribution in [0.25, 0.3) is 0 Å². The molecule has 0 aliphatic heterocycles. The Morgan fingerprint density at radius 2 is 2.16 bits per heavy atom. The van der Waals surface area contributed by atoms with Gasteiger partial charge in [-0.25, -0.2) is 0 Å². The van der Waals surface area contributed by atoms with Crippen LogP contribution < -0.4 is 4.90 Å². The molecule has 0 unspecified atom stereocenters. The number of ether oxygens (including phenoxy) is 1. The standard InChI is InChI=1S/C13H16BrNO4/c1-2-19-13(18)6-7-15(9-12(16)17)11-5-3-4-10(14)8-11/h3-5,8H,2,6-7,9H2,1H3,(H,16,17). The second-order valence-corrected chi connectivity index (χ2v) is 4.77. The molecule has 1 aromatic carbocycles. The van der Waals surface area contributed by atoms with E-state index in [1.807, 2.05) is 18.2 Å². The Bertz CT molecular complexity index is 450. The third-order valence-electron chi connectivity index (χ3n) is 2.39. The maximum Gasteiger partial charge on any atom is 0.323 e. The lowest BCUT2D eigenvalue weighted by molar-refractivity contribution is -0.143. The SMILES string of the molecule is CCOC(=O)CCN(CC(=O)O)c1cccc(Br)c1. The Morgan fingerprint density at radius 1 is 1.42 bits per heavy atom. The van der Waals surface area contributed by atoms with Crippen molar-refractivity contribution in [3.63, 3.8) is 0 Å². The van der Waals surface area contributed by atoms with Crippen molar-refractivity contribution in [2.45, 2.75) is 13.3 Å². The third kappa shape index (κ3) is 5.74. The van der Waals surface area contributed by atoms with Gasteiger partial charge >= 0.3 is 11.9 Å². The number of carboxylic acids is 1. The van der Waals surface area contributed by atoms with Crippen LogP contribution >= 0.6 is 15.9 Å². The second-order valence-electron chi connectivity index (χ2n) is 3.85. The number of hydrogen-bond donors (Lipinski definition) is 1. The van der Waals surface area contributed by atoms with E-state index in [0.717, 1.165) is 10.2 Å². The van der Waals surface area contributed by atoms with E-state index in [-0.39, 0.29) is 18.9 Å². The first-order valence-electron chi connectivity index (χ1n) is 5.91. The molecule has 19 heavy (non-hydrogen) atoms. The van der Waals surface area contributed by atoms with Crippen LogP contribution in [0.1, 0.15) is 13.3 Å². The monoisotopic (exact) mass is 329 g/mol. The minimum Gasteiger partial charge on any atom is -0.480 e. The van der Waals surface area contributed by atoms with Crippen LogP contribution in [0.4, 0.5) is 5.69 Å². The van der Waals surface area contributed by atoms with Crippen molar-refractivity contribution in [1.82, 2.24) is 0 Å². The summed E-state index contributed by atoms with van der Waals surface area (Å²) in [6.07, 6.45) is 0.160. The fraction of sp³-hybridized carbons (Fsp3) is 0.385. The zero-order chi connectivity index (χ0) is 14.3. The first-order chi connectivity index (χ1) is 9.02. The van der Waals surface area contributed by atoms with Crippen molar-refractivity contribution < 1.29 is 19.4 Å². The summed E-state index contributed by atoms with van der Waals surface area (Å²) in [5, 5.41) is 8.91. The van der Waals surface area contributed by atoms with Gasteiger partial charge in [0, 0.05) is 16.7 Å². The zero-order valence-electron chi connectivity index (χ0n) is 10.6. The van der Waals surface area contributed by atoms with Gasteiger partial charge in [-0.05, 0) is 25.1 Å². The number of halogens is 1. The summed E-state index contributed by atoms with van der Waals surface area (Å²) in [7, 11) is 0. The van der Waals surface area contributed by atoms with Gasteiger partial charge in [0.05, 0.1) is 13.0 Å². The van der Waals surface area contributed by atoms with E-state index >= 15 is 0 Å². The maximum absolute atomic E-state index is 11.3. The van der Waals surface area contributed by atoms with Gasteiger partial charge in [-0.15, -0.1) is 0 Å². The highest BCUT2D eigenvalue weighted by Gasteiger charge is 2.13. The average Bonchev–Trinajstić information content (AvgIpc) is 2.34. The number of carbonyl (C=O) groups is 2. The van der Waals surface area contributed by atoms with Crippen LogP contribution in [-0.2, 0) is 14.3 Å². The molecule has 0 spiro atoms. The molecular formula is C13H16BrNO4. The van der Waals surface area contributed by atoms with Gasteiger partial charge < -0.3 is 14.7 Å². The molecule has 1 rings (SSSR count). The van der Waals surface area contributed by atoms with Crippen molar-refractivity contribution in [2.24, 2.45) is 0 Å². The molecule has 0 aromatic heterocycles. The Morgan fingerprint density at radius 3 is 2.74 bits per heavy atom. The van der Waals surface area contributed by atoms with Crippen molar-refractivity contribution in [3.05, 3.63) is 28.7 Å². The smallest absolute Gasteiger partial charge is 0.323 e. The summed E-state index contributed by atoms with van der Waals surface area (Å²) in [6, 6.07) is 7.29. The molecule has 0 bridgehead atoms. The van der Waals surface area contributed by atoms with E-state index in [1.165, 1.54) is 0 Å². The Labute approximate surface area is 120 Å². The van der Waals surface area contributed by atoms with Crippen molar-refractivity contribution >= 4 is 33.6 Å². The molecule has 0 amide bonds. The largest absolute Gasteiger partial charge is 0.480 e. The van der Waals surface area contributed by atoms with Gasteiger partial charge in [-0.3, -0.25) is 9.59 Å². The lowest BCUT2D eigenvalue weighted by Crippen LogP contribution is -2.32. The molecule has 0 radical (unpaired) electrons. The minimum absolute atomic E-state index is 0.157. The van der Waals surface area contributed by atoms with Gasteiger partial charge in [0.2, 0.25) is 0 Å². The summed E-state index contributed by atoms with van der Waals surface area (Å²) < 4.78 is 5.69. The molecule has 0 atom stereocenters. The van der Waals surface area contributed by atoms with Gasteiger partial charge in [-0.1, -0.05) is 22.0 Å². The van der Waals surface area contributed by atoms with Crippen molar-refractivity contribution in [1.29, 1.82) is 0 Å². The second kappa shape index (κ2) is 7.78. The number of carbonyl (C=O) groups excluding carboxylic acids is 1. The first-order valence-corrected chi connectivity index (χ1v) is 6.70. The highest BCUT2D eigenvalue weighted by Crippen LogP contribution is 2.20. The molecule has 0 fully saturated rings. The van der Waals surface area contributed by atoms with E-state index in [2.05, 4.69) is 15.9 Å². The zero-order valence-corrected chi connectivity index (χ0v) is 12.2. The van der Waals surface area contributed by atoms with E-state index in [4.69, 9.17) is 9.84 Å². The predicted octanol–water partition coefficient (Wildman–Crippen LogP) is 2.29. The lowest BCUT2D eigenvalue weighted by Gasteiger charge is -2.22. The molecular weight excluding hydrogens is 314 g/mol. The number of aliphatic carboxylic acids is 1. The van der Waals surface area contributed by atoms with Crippen LogP contribution in [0.15, 0.2) is 28.7 Å². The highest BCUT2D eigenvalue weighted by atomic mass is 79.9. The molecule has 6 heteroatoms. The summed E-state index contributed by atoms with van der Waals surface area (Å²) in [5.74, 6) is -1.27. The Kier molecular flexibility index (Phi) is 6.35. The number of rotatable bonds is 7. The summed E-state index contributed by atoms with van der Waals surface area (Å²) in [4.78, 5) is 23.8. The van der Waals surface area contributed by atoms with Gasteiger partial charge in [0.1, 0.15) is 6.54 Å². The number of benzene rings is 1. The molecule has 104 valence electrons. The normalized spacial score (nSPS) is 10.0. The molecule has 0 saturated heterocycles. The molecule has 0 heterocycles. The topological polar surface area (TPSA) is 66.8 Å². The molecule has 1 aromatic rings. The molecule has 1 N–H and O–H groups in total. The van der Waals surface area contributed by atoms with Crippen LogP contribution in [0.2, 0.25) is 0 Å². The van der Waals surface area contributed by atoms with E-state index in [0.29, 0.717) is 13.2 Å². The van der Waals surface area contributed by atoms with Gasteiger partial charge in [0.15, 0.2) is 0 Å². The van der Waals surface area contributed by atoms with E-state index in [9.17, 15) is 9.59 Å². The highest BCUT2D eigenvalue weighted by molar-refractivity contribution is 9.10. The van der Waals surface area contributed by atoms with Gasteiger partial charge in [-0.2, -0.15) is 0 Å². The van der Waals surface area contributed by atoms with E-state index < -0.39 is 5.97 Å². The van der Waals surface area contributed by atoms with Crippen molar-refractivity contribution in [3.8, 4) is 0 Å². The Balaban J connectivity index is 2.72. The quantitative estimate of drug-likeness (QED) is 0.777. The van der Waals surface area contributed by atoms with E-state index in [1.54, 1.807) is 17.9 Å². The molecule has 0 aliphatic rings. The molecule has 0 saturated carbocycles. The Hall–Kier alpha value is -1.56. The summed E-state index contributed by atoms with van der Waals surface area (Å²) in [6.45, 7) is 2.22. The van der Waals surface area contributed by atoms with Crippen molar-refractivity contribution in [2.75, 3.05) is 24.6 Å². The lowest BCUT2D eigenvalue weighted by atomic mass is 10.2. The van der Waals surface area contributed by atoms with Crippen LogP contribution in [0.5, 0.6) is 0 Å². The summed E-state index contributed by atoms with van der Waals surface area (Å²) in [5.41, 5.74) is 0.751. The van der Waals surface area contributed by atoms with Crippen LogP contribution in [-0.4, -0.2) is 36.7 Å². The fourth-order valence-corrected chi connectivity index (χ4v) is 1.98. The number of hydrogen-bond acceptors (Lipinski definition) is 4. The fourth-order valence-electron chi connectivity index (χ4n) is 1.59. The molecule has 5 nitrogen and oxygen atoms in total. The maximum atomic E-state index is 11.3. The number of anilines is 1. The predicted molar refractivity (Wildman–Crippen MR) is 75.2 cm³/mol. The summed E-state index contributed by atoms with van der Waals surface area (Å²) >= 11 is 3.34. The van der Waals surface area contributed by atoms with Crippen LogP contribution in [0.3, 0.4) is 0 Å². The average molecular weight is 330 g/mol.